The number of benzene rings is 1. The van der Waals surface area contributed by atoms with Gasteiger partial charge in [0.15, 0.2) is 0 Å². The summed E-state index contributed by atoms with van der Waals surface area (Å²) in [5.74, 6) is -0.505. The molecule has 0 atom stereocenters. The number of nitrogens with one attached hydrogen (secondary N) is 1. The van der Waals surface area contributed by atoms with Gasteiger partial charge in [-0.25, -0.2) is 9.49 Å². The van der Waals surface area contributed by atoms with Gasteiger partial charge in [-0.1, -0.05) is 0 Å². The molecule has 0 aliphatic heterocycles. The lowest BCUT2D eigenvalue weighted by atomic mass is 10.0. The Bertz CT molecular complexity index is 713. The van der Waals surface area contributed by atoms with Gasteiger partial charge in [0.05, 0.1) is 17.3 Å². The van der Waals surface area contributed by atoms with Crippen LogP contribution < -0.4 is 5.56 Å². The van der Waals surface area contributed by atoms with Gasteiger partial charge in [-0.3, -0.25) is 4.79 Å². The number of halogens is 1. The number of nitrogens with zero attached hydrogens (tertiary/aromatic N) is 2. The van der Waals surface area contributed by atoms with Crippen LogP contribution in [0.4, 0.5) is 4.39 Å². The number of nitriles is 1. The van der Waals surface area contributed by atoms with Crippen LogP contribution in [0.15, 0.2) is 23.0 Å². The molecule has 4 nitrogen and oxygen atoms in total. The summed E-state index contributed by atoms with van der Waals surface area (Å²) >= 11 is 0. The fourth-order valence-corrected chi connectivity index (χ4v) is 1.69. The SMILES string of the molecule is Cc1c(-c2cc(F)cc(C#N)c2)n[nH]c(=O)c1C. The Kier molecular flexibility index (Phi) is 2.94. The van der Waals surface area contributed by atoms with Gasteiger partial charge in [0.1, 0.15) is 5.82 Å². The molecule has 0 aliphatic carbocycles. The lowest BCUT2D eigenvalue weighted by Crippen LogP contribution is -2.14. The largest absolute Gasteiger partial charge is 0.268 e. The first kappa shape index (κ1) is 12.0. The van der Waals surface area contributed by atoms with Gasteiger partial charge >= 0.3 is 0 Å². The van der Waals surface area contributed by atoms with Crippen LogP contribution in [0, 0.1) is 31.0 Å². The summed E-state index contributed by atoms with van der Waals surface area (Å²) < 4.78 is 13.4. The zero-order chi connectivity index (χ0) is 13.3. The summed E-state index contributed by atoms with van der Waals surface area (Å²) in [5.41, 5.74) is 2.10. The summed E-state index contributed by atoms with van der Waals surface area (Å²) in [5, 5.41) is 15.1. The number of rotatable bonds is 1. The molecule has 18 heavy (non-hydrogen) atoms. The second kappa shape index (κ2) is 4.41. The summed E-state index contributed by atoms with van der Waals surface area (Å²) in [4.78, 5) is 11.4. The minimum absolute atomic E-state index is 0.218. The summed E-state index contributed by atoms with van der Waals surface area (Å²) in [6.45, 7) is 3.41. The first-order valence-corrected chi connectivity index (χ1v) is 5.30. The fourth-order valence-electron chi connectivity index (χ4n) is 1.69. The van der Waals surface area contributed by atoms with Gasteiger partial charge < -0.3 is 0 Å². The van der Waals surface area contributed by atoms with E-state index in [0.29, 0.717) is 22.4 Å². The van der Waals surface area contributed by atoms with Gasteiger partial charge in [-0.05, 0) is 37.6 Å². The zero-order valence-corrected chi connectivity index (χ0v) is 9.91. The maximum absolute atomic E-state index is 13.4. The molecular weight excluding hydrogens is 233 g/mol. The summed E-state index contributed by atoms with van der Waals surface area (Å²) in [6, 6.07) is 5.86. The van der Waals surface area contributed by atoms with E-state index in [2.05, 4.69) is 10.2 Å². The molecular formula is C13H10FN3O. The Morgan fingerprint density at radius 3 is 2.67 bits per heavy atom. The number of hydrogen-bond donors (Lipinski definition) is 1. The van der Waals surface area contributed by atoms with Crippen molar-refractivity contribution in [3.8, 4) is 17.3 Å². The minimum Gasteiger partial charge on any atom is -0.268 e. The van der Waals surface area contributed by atoms with Crippen molar-refractivity contribution in [2.24, 2.45) is 0 Å². The molecule has 2 aromatic rings. The van der Waals surface area contributed by atoms with Crippen molar-refractivity contribution < 1.29 is 4.39 Å². The van der Waals surface area contributed by atoms with Crippen LogP contribution in [0.25, 0.3) is 11.3 Å². The van der Waals surface area contributed by atoms with Crippen LogP contribution in [0.5, 0.6) is 0 Å². The third-order valence-electron chi connectivity index (χ3n) is 2.83. The lowest BCUT2D eigenvalue weighted by Gasteiger charge is -2.07. The maximum Gasteiger partial charge on any atom is 0.267 e. The molecule has 1 N–H and O–H groups in total. The second-order valence-corrected chi connectivity index (χ2v) is 3.99. The van der Waals surface area contributed by atoms with Crippen LogP contribution in [0.3, 0.4) is 0 Å². The molecule has 0 aliphatic rings. The smallest absolute Gasteiger partial charge is 0.267 e. The first-order chi connectivity index (χ1) is 8.52. The number of H-pyrrole nitrogens is 1. The van der Waals surface area contributed by atoms with Gasteiger partial charge in [0, 0.05) is 11.1 Å². The van der Waals surface area contributed by atoms with Crippen LogP contribution >= 0.6 is 0 Å². The molecule has 90 valence electrons. The van der Waals surface area contributed by atoms with Crippen molar-refractivity contribution in [3.05, 3.63) is 51.1 Å². The van der Waals surface area contributed by atoms with Gasteiger partial charge in [-0.15, -0.1) is 0 Å². The highest BCUT2D eigenvalue weighted by Crippen LogP contribution is 2.23. The van der Waals surface area contributed by atoms with Crippen molar-refractivity contribution >= 4 is 0 Å². The summed E-state index contributed by atoms with van der Waals surface area (Å²) in [6.07, 6.45) is 0. The second-order valence-electron chi connectivity index (χ2n) is 3.99. The molecule has 1 heterocycles. The molecule has 0 spiro atoms. The predicted molar refractivity (Wildman–Crippen MR) is 64.4 cm³/mol. The van der Waals surface area contributed by atoms with Crippen molar-refractivity contribution in [2.45, 2.75) is 13.8 Å². The zero-order valence-electron chi connectivity index (χ0n) is 9.91. The van der Waals surface area contributed by atoms with Crippen molar-refractivity contribution in [3.63, 3.8) is 0 Å². The Morgan fingerprint density at radius 1 is 1.28 bits per heavy atom. The molecule has 5 heteroatoms. The number of hydrogen-bond acceptors (Lipinski definition) is 3. The number of aromatic nitrogens is 2. The molecule has 1 aromatic carbocycles. The summed E-state index contributed by atoms with van der Waals surface area (Å²) in [7, 11) is 0. The van der Waals surface area contributed by atoms with Crippen LogP contribution in [-0.2, 0) is 0 Å². The Hall–Kier alpha value is -2.48. The molecule has 0 saturated heterocycles. The van der Waals surface area contributed by atoms with E-state index < -0.39 is 5.82 Å². The molecule has 0 unspecified atom stereocenters. The van der Waals surface area contributed by atoms with Crippen molar-refractivity contribution in [1.82, 2.24) is 10.2 Å². The Balaban J connectivity index is 2.70. The van der Waals surface area contributed by atoms with Crippen LogP contribution in [0.2, 0.25) is 0 Å². The highest BCUT2D eigenvalue weighted by atomic mass is 19.1. The molecule has 0 amide bonds. The third kappa shape index (κ3) is 2.00. The Labute approximate surface area is 103 Å². The fraction of sp³-hybridized carbons (Fsp3) is 0.154. The minimum atomic E-state index is -0.505. The van der Waals surface area contributed by atoms with Crippen LogP contribution in [-0.4, -0.2) is 10.2 Å². The molecule has 0 bridgehead atoms. The lowest BCUT2D eigenvalue weighted by molar-refractivity contribution is 0.627. The third-order valence-corrected chi connectivity index (χ3v) is 2.83. The predicted octanol–water partition coefficient (Wildman–Crippen LogP) is 2.06. The van der Waals surface area contributed by atoms with Gasteiger partial charge in [-0.2, -0.15) is 10.4 Å². The average Bonchev–Trinajstić information content (AvgIpc) is 2.35. The van der Waals surface area contributed by atoms with E-state index in [4.69, 9.17) is 5.26 Å². The normalized spacial score (nSPS) is 10.1. The first-order valence-electron chi connectivity index (χ1n) is 5.30. The molecule has 1 aromatic heterocycles. The molecule has 2 rings (SSSR count). The maximum atomic E-state index is 13.4. The van der Waals surface area contributed by atoms with E-state index in [0.717, 1.165) is 6.07 Å². The van der Waals surface area contributed by atoms with E-state index in [9.17, 15) is 9.18 Å². The number of aromatic amines is 1. The van der Waals surface area contributed by atoms with Crippen LogP contribution in [0.1, 0.15) is 16.7 Å². The van der Waals surface area contributed by atoms with E-state index >= 15 is 0 Å². The molecule has 0 radical (unpaired) electrons. The highest BCUT2D eigenvalue weighted by Gasteiger charge is 2.10. The van der Waals surface area contributed by atoms with E-state index in [1.165, 1.54) is 12.1 Å². The Morgan fingerprint density at radius 2 is 2.00 bits per heavy atom. The molecule has 0 fully saturated rings. The average molecular weight is 243 g/mol. The van der Waals surface area contributed by atoms with Gasteiger partial charge in [0.25, 0.3) is 5.56 Å². The topological polar surface area (TPSA) is 69.5 Å². The van der Waals surface area contributed by atoms with E-state index in [1.807, 2.05) is 6.07 Å². The van der Waals surface area contributed by atoms with Crippen molar-refractivity contribution in [1.29, 1.82) is 5.26 Å². The highest BCUT2D eigenvalue weighted by molar-refractivity contribution is 5.65. The van der Waals surface area contributed by atoms with E-state index in [-0.39, 0.29) is 11.1 Å². The van der Waals surface area contributed by atoms with Crippen molar-refractivity contribution in [2.75, 3.05) is 0 Å². The molecule has 0 saturated carbocycles. The standard InChI is InChI=1S/C13H10FN3O/c1-7-8(2)13(18)17-16-12(7)10-3-9(6-15)4-11(14)5-10/h3-5H,1-2H3,(H,17,18). The van der Waals surface area contributed by atoms with Gasteiger partial charge in [0.2, 0.25) is 0 Å². The monoisotopic (exact) mass is 243 g/mol. The van der Waals surface area contributed by atoms with E-state index in [1.54, 1.807) is 13.8 Å². The quantitative estimate of drug-likeness (QED) is 0.833.